The van der Waals surface area contributed by atoms with Crippen LogP contribution < -0.4 is 5.32 Å². The molecule has 1 aliphatic heterocycles. The first-order valence-electron chi connectivity index (χ1n) is 7.11. The molecule has 0 saturated carbocycles. The van der Waals surface area contributed by atoms with E-state index in [1.54, 1.807) is 23.5 Å². The number of thiophene rings is 1. The van der Waals surface area contributed by atoms with Crippen LogP contribution in [0.3, 0.4) is 0 Å². The minimum Gasteiger partial charge on any atom is -0.314 e. The maximum absolute atomic E-state index is 13.4. The predicted octanol–water partition coefficient (Wildman–Crippen LogP) is 4.27. The molecular weight excluding hydrogens is 342 g/mol. The van der Waals surface area contributed by atoms with Crippen LogP contribution in [0.4, 0.5) is 4.39 Å². The highest BCUT2D eigenvalue weighted by Crippen LogP contribution is 2.36. The van der Waals surface area contributed by atoms with Gasteiger partial charge in [0.05, 0.1) is 10.4 Å². The zero-order chi connectivity index (χ0) is 14.8. The SMILES string of the molecule is Cc1cc(F)ccc1[C@H](c1ccc(Cl)s1)N1CCNCC1.Cl. The lowest BCUT2D eigenvalue weighted by Gasteiger charge is -2.35. The average Bonchev–Trinajstić information content (AvgIpc) is 2.89. The summed E-state index contributed by atoms with van der Waals surface area (Å²) >= 11 is 7.73. The summed E-state index contributed by atoms with van der Waals surface area (Å²) < 4.78 is 14.2. The summed E-state index contributed by atoms with van der Waals surface area (Å²) in [5, 5.41) is 3.38. The van der Waals surface area contributed by atoms with E-state index in [0.717, 1.165) is 41.6 Å². The predicted molar refractivity (Wildman–Crippen MR) is 94.0 cm³/mol. The summed E-state index contributed by atoms with van der Waals surface area (Å²) in [6.07, 6.45) is 0. The molecule has 22 heavy (non-hydrogen) atoms. The molecule has 1 atom stereocenters. The fourth-order valence-electron chi connectivity index (χ4n) is 2.89. The van der Waals surface area contributed by atoms with Gasteiger partial charge in [0.2, 0.25) is 0 Å². The minimum atomic E-state index is -0.181. The Hall–Kier alpha value is -0.650. The maximum Gasteiger partial charge on any atom is 0.123 e. The standard InChI is InChI=1S/C16H18ClFN2S.ClH/c1-11-10-12(18)2-3-13(11)16(14-4-5-15(17)21-14)20-8-6-19-7-9-20;/h2-5,10,16,19H,6-9H2,1H3;1H/t16-;/m1./s1. The van der Waals surface area contributed by atoms with E-state index in [0.29, 0.717) is 0 Å². The number of hydrogen-bond acceptors (Lipinski definition) is 3. The van der Waals surface area contributed by atoms with Gasteiger partial charge in [-0.1, -0.05) is 17.7 Å². The van der Waals surface area contributed by atoms with Crippen LogP contribution in [0.1, 0.15) is 22.0 Å². The van der Waals surface area contributed by atoms with Crippen molar-refractivity contribution in [2.75, 3.05) is 26.2 Å². The molecule has 1 aromatic heterocycles. The van der Waals surface area contributed by atoms with E-state index in [1.807, 2.05) is 19.1 Å². The third-order valence-corrected chi connectivity index (χ3v) is 5.19. The highest BCUT2D eigenvalue weighted by Gasteiger charge is 2.26. The second-order valence-electron chi connectivity index (χ2n) is 5.33. The molecule has 1 N–H and O–H groups in total. The van der Waals surface area contributed by atoms with Crippen molar-refractivity contribution >= 4 is 35.3 Å². The van der Waals surface area contributed by atoms with Crippen LogP contribution in [0.15, 0.2) is 30.3 Å². The number of hydrogen-bond donors (Lipinski definition) is 1. The molecule has 1 aliphatic rings. The summed E-state index contributed by atoms with van der Waals surface area (Å²) in [7, 11) is 0. The van der Waals surface area contributed by atoms with Gasteiger partial charge in [0, 0.05) is 31.1 Å². The second-order valence-corrected chi connectivity index (χ2v) is 7.08. The molecule has 1 saturated heterocycles. The van der Waals surface area contributed by atoms with Gasteiger partial charge in [-0.25, -0.2) is 4.39 Å². The summed E-state index contributed by atoms with van der Waals surface area (Å²) in [5.74, 6) is -0.181. The molecule has 0 bridgehead atoms. The average molecular weight is 361 g/mol. The highest BCUT2D eigenvalue weighted by atomic mass is 35.5. The van der Waals surface area contributed by atoms with Gasteiger partial charge < -0.3 is 5.32 Å². The normalized spacial score (nSPS) is 17.0. The van der Waals surface area contributed by atoms with E-state index in [1.165, 1.54) is 4.88 Å². The van der Waals surface area contributed by atoms with Crippen molar-refractivity contribution in [3.05, 3.63) is 56.5 Å². The molecule has 120 valence electrons. The van der Waals surface area contributed by atoms with Crippen molar-refractivity contribution in [3.8, 4) is 0 Å². The lowest BCUT2D eigenvalue weighted by Crippen LogP contribution is -2.45. The van der Waals surface area contributed by atoms with E-state index in [9.17, 15) is 4.39 Å². The quantitative estimate of drug-likeness (QED) is 0.879. The summed E-state index contributed by atoms with van der Waals surface area (Å²) in [6, 6.07) is 9.25. The van der Waals surface area contributed by atoms with Gasteiger partial charge in [-0.05, 0) is 42.3 Å². The monoisotopic (exact) mass is 360 g/mol. The number of nitrogens with one attached hydrogen (secondary N) is 1. The van der Waals surface area contributed by atoms with Crippen molar-refractivity contribution in [1.82, 2.24) is 10.2 Å². The van der Waals surface area contributed by atoms with Crippen LogP contribution in [0, 0.1) is 12.7 Å². The largest absolute Gasteiger partial charge is 0.314 e. The Morgan fingerprint density at radius 2 is 1.95 bits per heavy atom. The molecular formula is C16H19Cl2FN2S. The Labute approximate surface area is 145 Å². The minimum absolute atomic E-state index is 0. The van der Waals surface area contributed by atoms with Gasteiger partial charge in [0.25, 0.3) is 0 Å². The topological polar surface area (TPSA) is 15.3 Å². The Morgan fingerprint density at radius 3 is 2.55 bits per heavy atom. The van der Waals surface area contributed by atoms with Gasteiger partial charge in [-0.2, -0.15) is 0 Å². The van der Waals surface area contributed by atoms with Gasteiger partial charge in [-0.3, -0.25) is 4.90 Å². The lowest BCUT2D eigenvalue weighted by molar-refractivity contribution is 0.200. The van der Waals surface area contributed by atoms with E-state index in [-0.39, 0.29) is 24.3 Å². The van der Waals surface area contributed by atoms with Crippen LogP contribution >= 0.6 is 35.3 Å². The van der Waals surface area contributed by atoms with Crippen LogP contribution in [0.5, 0.6) is 0 Å². The van der Waals surface area contributed by atoms with E-state index < -0.39 is 0 Å². The summed E-state index contributed by atoms with van der Waals surface area (Å²) in [4.78, 5) is 3.66. The van der Waals surface area contributed by atoms with Crippen LogP contribution in [0.25, 0.3) is 0 Å². The third kappa shape index (κ3) is 3.81. The molecule has 0 radical (unpaired) electrons. The zero-order valence-electron chi connectivity index (χ0n) is 12.3. The highest BCUT2D eigenvalue weighted by molar-refractivity contribution is 7.16. The molecule has 2 heterocycles. The van der Waals surface area contributed by atoms with Gasteiger partial charge in [0.15, 0.2) is 0 Å². The van der Waals surface area contributed by atoms with Gasteiger partial charge in [0.1, 0.15) is 5.82 Å². The smallest absolute Gasteiger partial charge is 0.123 e. The molecule has 0 unspecified atom stereocenters. The number of benzene rings is 1. The number of halogens is 3. The zero-order valence-corrected chi connectivity index (χ0v) is 14.7. The van der Waals surface area contributed by atoms with Crippen molar-refractivity contribution < 1.29 is 4.39 Å². The molecule has 2 nitrogen and oxygen atoms in total. The molecule has 3 rings (SSSR count). The summed E-state index contributed by atoms with van der Waals surface area (Å²) in [5.41, 5.74) is 2.15. The van der Waals surface area contributed by atoms with Crippen LogP contribution in [-0.4, -0.2) is 31.1 Å². The van der Waals surface area contributed by atoms with Crippen molar-refractivity contribution in [2.24, 2.45) is 0 Å². The fourth-order valence-corrected chi connectivity index (χ4v) is 4.11. The second kappa shape index (κ2) is 7.75. The fraction of sp³-hybridized carbons (Fsp3) is 0.375. The first-order chi connectivity index (χ1) is 10.1. The Balaban J connectivity index is 0.00000176. The van der Waals surface area contributed by atoms with Crippen molar-refractivity contribution in [1.29, 1.82) is 0 Å². The Kier molecular flexibility index (Phi) is 6.24. The first kappa shape index (κ1) is 17.7. The molecule has 1 aromatic carbocycles. The summed E-state index contributed by atoms with van der Waals surface area (Å²) in [6.45, 7) is 5.91. The number of nitrogens with zero attached hydrogens (tertiary/aromatic N) is 1. The molecule has 0 amide bonds. The van der Waals surface area contributed by atoms with Crippen molar-refractivity contribution in [3.63, 3.8) is 0 Å². The Morgan fingerprint density at radius 1 is 1.23 bits per heavy atom. The molecule has 2 aromatic rings. The van der Waals surface area contributed by atoms with E-state index in [2.05, 4.69) is 16.3 Å². The van der Waals surface area contributed by atoms with Crippen molar-refractivity contribution in [2.45, 2.75) is 13.0 Å². The third-order valence-electron chi connectivity index (χ3n) is 3.91. The van der Waals surface area contributed by atoms with Crippen LogP contribution in [-0.2, 0) is 0 Å². The number of piperazine rings is 1. The molecule has 6 heteroatoms. The van der Waals surface area contributed by atoms with Crippen LogP contribution in [0.2, 0.25) is 4.34 Å². The van der Waals surface area contributed by atoms with Gasteiger partial charge >= 0.3 is 0 Å². The van der Waals surface area contributed by atoms with E-state index in [4.69, 9.17) is 11.6 Å². The first-order valence-corrected chi connectivity index (χ1v) is 8.30. The molecule has 0 aliphatic carbocycles. The molecule has 0 spiro atoms. The van der Waals surface area contributed by atoms with Gasteiger partial charge in [-0.15, -0.1) is 23.7 Å². The number of rotatable bonds is 3. The number of aryl methyl sites for hydroxylation is 1. The van der Waals surface area contributed by atoms with E-state index >= 15 is 0 Å². The Bertz CT molecular complexity index is 626. The lowest BCUT2D eigenvalue weighted by atomic mass is 9.98. The maximum atomic E-state index is 13.4. The molecule has 1 fully saturated rings.